The lowest BCUT2D eigenvalue weighted by Crippen LogP contribution is -2.13. The van der Waals surface area contributed by atoms with Crippen LogP contribution in [0, 0.1) is 11.8 Å². The van der Waals surface area contributed by atoms with Crippen LogP contribution in [0.5, 0.6) is 0 Å². The molecule has 2 heterocycles. The second kappa shape index (κ2) is 6.20. The maximum atomic E-state index is 11.7. The number of aromatic nitrogens is 2. The van der Waals surface area contributed by atoms with Crippen LogP contribution in [0.25, 0.3) is 0 Å². The first-order valence-corrected chi connectivity index (χ1v) is 6.76. The van der Waals surface area contributed by atoms with Crippen LogP contribution in [0.2, 0.25) is 0 Å². The predicted octanol–water partition coefficient (Wildman–Crippen LogP) is 1.48. The monoisotopic (exact) mass is 282 g/mol. The molecule has 6 nitrogen and oxygen atoms in total. The van der Waals surface area contributed by atoms with Gasteiger partial charge in [-0.25, -0.2) is 0 Å². The fourth-order valence-electron chi connectivity index (χ4n) is 2.10. The molecular weight excluding hydrogens is 268 g/mol. The number of amides is 1. The van der Waals surface area contributed by atoms with Crippen molar-refractivity contribution < 1.29 is 9.21 Å². The van der Waals surface area contributed by atoms with E-state index in [0.717, 1.165) is 24.9 Å². The van der Waals surface area contributed by atoms with Gasteiger partial charge in [0.05, 0.1) is 6.04 Å². The Bertz CT molecular complexity index is 678. The van der Waals surface area contributed by atoms with E-state index in [4.69, 9.17) is 4.42 Å². The van der Waals surface area contributed by atoms with E-state index in [1.807, 2.05) is 30.3 Å². The molecule has 1 aromatic carbocycles. The summed E-state index contributed by atoms with van der Waals surface area (Å²) in [5, 5.41) is 13.5. The lowest BCUT2D eigenvalue weighted by Gasteiger charge is -2.01. The summed E-state index contributed by atoms with van der Waals surface area (Å²) in [4.78, 5) is 11.7. The fraction of sp³-hybridized carbons (Fsp3) is 0.267. The minimum atomic E-state index is -0.478. The molecule has 1 fully saturated rings. The molecule has 1 atom stereocenters. The first kappa shape index (κ1) is 13.3. The van der Waals surface area contributed by atoms with Crippen LogP contribution in [0.15, 0.2) is 34.7 Å². The van der Waals surface area contributed by atoms with E-state index in [1.54, 1.807) is 0 Å². The second-order valence-electron chi connectivity index (χ2n) is 4.66. The Balaban J connectivity index is 1.61. The Kier molecular flexibility index (Phi) is 3.94. The Morgan fingerprint density at radius 1 is 1.33 bits per heavy atom. The minimum absolute atomic E-state index is 0.0751. The van der Waals surface area contributed by atoms with Crippen molar-refractivity contribution in [3.05, 3.63) is 41.8 Å². The summed E-state index contributed by atoms with van der Waals surface area (Å²) in [7, 11) is 0. The largest absolute Gasteiger partial charge is 0.406 e. The molecule has 6 heteroatoms. The Morgan fingerprint density at radius 3 is 2.95 bits per heavy atom. The SMILES string of the molecule is O=C(C#Cc1ccccc1)Nc1nnc(C2CCCN2)o1. The van der Waals surface area contributed by atoms with Gasteiger partial charge in [0.25, 0.3) is 0 Å². The number of benzene rings is 1. The van der Waals surface area contributed by atoms with Gasteiger partial charge in [-0.2, -0.15) is 0 Å². The molecule has 1 saturated heterocycles. The van der Waals surface area contributed by atoms with Gasteiger partial charge in [0, 0.05) is 11.5 Å². The maximum Gasteiger partial charge on any atom is 0.323 e. The first-order valence-electron chi connectivity index (χ1n) is 6.76. The van der Waals surface area contributed by atoms with Gasteiger partial charge in [0.15, 0.2) is 0 Å². The van der Waals surface area contributed by atoms with Crippen molar-refractivity contribution in [2.75, 3.05) is 11.9 Å². The number of carbonyl (C=O) groups excluding carboxylic acids is 1. The zero-order valence-electron chi connectivity index (χ0n) is 11.3. The molecule has 0 aliphatic carbocycles. The highest BCUT2D eigenvalue weighted by Gasteiger charge is 2.22. The number of carbonyl (C=O) groups is 1. The van der Waals surface area contributed by atoms with E-state index < -0.39 is 5.91 Å². The molecule has 1 aliphatic heterocycles. The van der Waals surface area contributed by atoms with Crippen molar-refractivity contribution in [3.63, 3.8) is 0 Å². The molecule has 1 amide bonds. The zero-order valence-corrected chi connectivity index (χ0v) is 11.3. The van der Waals surface area contributed by atoms with E-state index in [1.165, 1.54) is 0 Å². The average molecular weight is 282 g/mol. The van der Waals surface area contributed by atoms with Crippen molar-refractivity contribution in [2.24, 2.45) is 0 Å². The van der Waals surface area contributed by atoms with Gasteiger partial charge in [-0.1, -0.05) is 29.2 Å². The summed E-state index contributed by atoms with van der Waals surface area (Å²) in [6.45, 7) is 0.942. The summed E-state index contributed by atoms with van der Waals surface area (Å²) in [6, 6.07) is 9.43. The first-order chi connectivity index (χ1) is 10.3. The third kappa shape index (κ3) is 3.46. The van der Waals surface area contributed by atoms with Gasteiger partial charge in [-0.3, -0.25) is 10.1 Å². The van der Waals surface area contributed by atoms with Crippen LogP contribution in [-0.4, -0.2) is 22.6 Å². The van der Waals surface area contributed by atoms with Gasteiger partial charge in [0.1, 0.15) is 0 Å². The standard InChI is InChI=1S/C15H14N4O2/c20-13(9-8-11-5-2-1-3-6-11)17-15-19-18-14(21-15)12-7-4-10-16-12/h1-3,5-6,12,16H,4,7,10H2,(H,17,19,20). The molecule has 1 unspecified atom stereocenters. The Morgan fingerprint density at radius 2 is 2.19 bits per heavy atom. The van der Waals surface area contributed by atoms with Gasteiger partial charge in [-0.05, 0) is 31.5 Å². The molecular formula is C15H14N4O2. The number of nitrogens with one attached hydrogen (secondary N) is 2. The van der Waals surface area contributed by atoms with E-state index in [9.17, 15) is 4.79 Å². The van der Waals surface area contributed by atoms with E-state index in [0.29, 0.717) is 5.89 Å². The topological polar surface area (TPSA) is 80.0 Å². The van der Waals surface area contributed by atoms with Crippen LogP contribution in [0.1, 0.15) is 30.3 Å². The van der Waals surface area contributed by atoms with Crippen LogP contribution < -0.4 is 10.6 Å². The molecule has 3 rings (SSSR count). The molecule has 0 spiro atoms. The van der Waals surface area contributed by atoms with Crippen LogP contribution in [-0.2, 0) is 4.79 Å². The van der Waals surface area contributed by atoms with Gasteiger partial charge >= 0.3 is 11.9 Å². The number of nitrogens with zero attached hydrogens (tertiary/aromatic N) is 2. The van der Waals surface area contributed by atoms with Crippen molar-refractivity contribution in [1.29, 1.82) is 0 Å². The van der Waals surface area contributed by atoms with Crippen LogP contribution >= 0.6 is 0 Å². The summed E-state index contributed by atoms with van der Waals surface area (Å²) in [5.41, 5.74) is 0.772. The fourth-order valence-corrected chi connectivity index (χ4v) is 2.10. The Hall–Kier alpha value is -2.65. The molecule has 0 bridgehead atoms. The van der Waals surface area contributed by atoms with Crippen LogP contribution in [0.3, 0.4) is 0 Å². The molecule has 2 aromatic rings. The lowest BCUT2D eigenvalue weighted by molar-refractivity contribution is -0.111. The highest BCUT2D eigenvalue weighted by molar-refractivity contribution is 6.03. The molecule has 0 radical (unpaired) electrons. The second-order valence-corrected chi connectivity index (χ2v) is 4.66. The van der Waals surface area contributed by atoms with Gasteiger partial charge in [0.2, 0.25) is 5.89 Å². The third-order valence-corrected chi connectivity index (χ3v) is 3.11. The van der Waals surface area contributed by atoms with Crippen molar-refractivity contribution in [2.45, 2.75) is 18.9 Å². The molecule has 21 heavy (non-hydrogen) atoms. The van der Waals surface area contributed by atoms with E-state index >= 15 is 0 Å². The quantitative estimate of drug-likeness (QED) is 0.816. The van der Waals surface area contributed by atoms with E-state index in [-0.39, 0.29) is 12.1 Å². The minimum Gasteiger partial charge on any atom is -0.406 e. The number of rotatable bonds is 2. The van der Waals surface area contributed by atoms with Crippen molar-refractivity contribution >= 4 is 11.9 Å². The van der Waals surface area contributed by atoms with Crippen molar-refractivity contribution in [3.8, 4) is 11.8 Å². The lowest BCUT2D eigenvalue weighted by atomic mass is 10.2. The van der Waals surface area contributed by atoms with Gasteiger partial charge in [-0.15, -0.1) is 5.10 Å². The van der Waals surface area contributed by atoms with Crippen molar-refractivity contribution in [1.82, 2.24) is 15.5 Å². The molecule has 106 valence electrons. The summed E-state index contributed by atoms with van der Waals surface area (Å²) >= 11 is 0. The third-order valence-electron chi connectivity index (χ3n) is 3.11. The number of hydrogen-bond acceptors (Lipinski definition) is 5. The Labute approximate surface area is 121 Å². The molecule has 1 aromatic heterocycles. The highest BCUT2D eigenvalue weighted by Crippen LogP contribution is 2.22. The smallest absolute Gasteiger partial charge is 0.323 e. The highest BCUT2D eigenvalue weighted by atomic mass is 16.4. The summed E-state index contributed by atoms with van der Waals surface area (Å²) in [6.07, 6.45) is 2.04. The average Bonchev–Trinajstić information content (AvgIpc) is 3.17. The predicted molar refractivity (Wildman–Crippen MR) is 76.2 cm³/mol. The van der Waals surface area contributed by atoms with Crippen LogP contribution in [0.4, 0.5) is 6.01 Å². The number of hydrogen-bond donors (Lipinski definition) is 2. The zero-order chi connectivity index (χ0) is 14.5. The van der Waals surface area contributed by atoms with Gasteiger partial charge < -0.3 is 9.73 Å². The summed E-state index contributed by atoms with van der Waals surface area (Å²) < 4.78 is 5.41. The normalized spacial score (nSPS) is 17.0. The maximum absolute atomic E-state index is 11.7. The molecule has 1 aliphatic rings. The summed E-state index contributed by atoms with van der Waals surface area (Å²) in [5.74, 6) is 5.27. The number of anilines is 1. The molecule has 0 saturated carbocycles. The van der Waals surface area contributed by atoms with E-state index in [2.05, 4.69) is 32.7 Å². The molecule has 2 N–H and O–H groups in total.